The Balaban J connectivity index is 2.11. The van der Waals surface area contributed by atoms with E-state index >= 15 is 0 Å². The molecule has 2 N–H and O–H groups in total. The summed E-state index contributed by atoms with van der Waals surface area (Å²) >= 11 is 11.9. The summed E-state index contributed by atoms with van der Waals surface area (Å²) in [6, 6.07) is 12.8. The first-order valence-corrected chi connectivity index (χ1v) is 6.38. The lowest BCUT2D eigenvalue weighted by Crippen LogP contribution is -2.09. The van der Waals surface area contributed by atoms with E-state index in [0.717, 1.165) is 11.1 Å². The summed E-state index contributed by atoms with van der Waals surface area (Å²) in [5.74, 6) is 1.05. The highest BCUT2D eigenvalue weighted by molar-refractivity contribution is 6.35. The van der Waals surface area contributed by atoms with Crippen LogP contribution in [-0.4, -0.2) is 11.7 Å². The molecule has 0 amide bonds. The molecule has 2 aromatic rings. The van der Waals surface area contributed by atoms with Gasteiger partial charge < -0.3 is 5.73 Å². The largest absolute Gasteiger partial charge is 0.383 e. The summed E-state index contributed by atoms with van der Waals surface area (Å²) < 4.78 is 0. The molecule has 3 nitrogen and oxygen atoms in total. The molecule has 0 radical (unpaired) electrons. The molecule has 3 rings (SSSR count). The Morgan fingerprint density at radius 3 is 2.26 bits per heavy atom. The topological polar surface area (TPSA) is 50.7 Å². The van der Waals surface area contributed by atoms with Crippen LogP contribution in [0.5, 0.6) is 0 Å². The van der Waals surface area contributed by atoms with Crippen LogP contribution < -0.4 is 5.73 Å². The third kappa shape index (κ3) is 2.35. The van der Waals surface area contributed by atoms with Crippen molar-refractivity contribution in [1.82, 2.24) is 0 Å². The average Bonchev–Trinajstić information content (AvgIpc) is 2.66. The van der Waals surface area contributed by atoms with Gasteiger partial charge in [0.15, 0.2) is 5.84 Å². The smallest absolute Gasteiger partial charge is 0.162 e. The zero-order valence-corrected chi connectivity index (χ0v) is 11.3. The molecule has 0 fully saturated rings. The molecule has 0 saturated carbocycles. The van der Waals surface area contributed by atoms with Crippen LogP contribution in [0.3, 0.4) is 0 Å². The number of amidine groups is 2. The van der Waals surface area contributed by atoms with Gasteiger partial charge in [0.1, 0.15) is 5.84 Å². The summed E-state index contributed by atoms with van der Waals surface area (Å²) in [6.45, 7) is 0. The molecule has 0 saturated heterocycles. The quantitative estimate of drug-likeness (QED) is 0.853. The normalized spacial score (nSPS) is 15.5. The van der Waals surface area contributed by atoms with Gasteiger partial charge in [0.05, 0.1) is 5.69 Å². The Morgan fingerprint density at radius 1 is 0.947 bits per heavy atom. The van der Waals surface area contributed by atoms with Gasteiger partial charge in [-0.25, -0.2) is 9.98 Å². The van der Waals surface area contributed by atoms with Gasteiger partial charge in [-0.15, -0.1) is 0 Å². The van der Waals surface area contributed by atoms with Crippen LogP contribution in [0, 0.1) is 0 Å². The van der Waals surface area contributed by atoms with Crippen LogP contribution in [-0.2, 0) is 0 Å². The number of nitrogens with zero attached hydrogens (tertiary/aromatic N) is 2. The number of rotatable bonds is 1. The fourth-order valence-electron chi connectivity index (χ4n) is 1.95. The Hall–Kier alpha value is -1.84. The van der Waals surface area contributed by atoms with E-state index in [1.165, 1.54) is 0 Å². The van der Waals surface area contributed by atoms with Crippen LogP contribution in [0.25, 0.3) is 0 Å². The predicted octanol–water partition coefficient (Wildman–Crippen LogP) is 3.79. The zero-order chi connectivity index (χ0) is 13.4. The van der Waals surface area contributed by atoms with Gasteiger partial charge in [-0.2, -0.15) is 0 Å². The lowest BCUT2D eigenvalue weighted by Gasteiger charge is -2.00. The molecule has 1 heterocycles. The van der Waals surface area contributed by atoms with Crippen molar-refractivity contribution in [2.75, 3.05) is 0 Å². The molecule has 0 atom stereocenters. The number of fused-ring (bicyclic) bond motifs is 1. The maximum absolute atomic E-state index is 5.95. The molecule has 0 unspecified atom stereocenters. The molecular weight excluding hydrogens is 281 g/mol. The third-order valence-electron chi connectivity index (χ3n) is 2.75. The molecule has 2 aromatic carbocycles. The van der Waals surface area contributed by atoms with Crippen molar-refractivity contribution in [2.24, 2.45) is 15.7 Å². The van der Waals surface area contributed by atoms with E-state index in [-0.39, 0.29) is 0 Å². The van der Waals surface area contributed by atoms with Crippen molar-refractivity contribution in [3.63, 3.8) is 0 Å². The fourth-order valence-corrected chi connectivity index (χ4v) is 2.46. The lowest BCUT2D eigenvalue weighted by molar-refractivity contribution is 1.47. The highest BCUT2D eigenvalue weighted by Gasteiger charge is 2.18. The van der Waals surface area contributed by atoms with Crippen LogP contribution in [0.4, 0.5) is 5.69 Å². The zero-order valence-electron chi connectivity index (χ0n) is 9.77. The van der Waals surface area contributed by atoms with Gasteiger partial charge in [-0.3, -0.25) is 0 Å². The van der Waals surface area contributed by atoms with E-state index < -0.39 is 0 Å². The number of hydrogen-bond donors (Lipinski definition) is 1. The Labute approximate surface area is 120 Å². The summed E-state index contributed by atoms with van der Waals surface area (Å²) in [7, 11) is 0. The standard InChI is InChI=1S/C14H9Cl2N3/c15-8-5-9(16)7-10(6-8)18-14-12-4-2-1-3-11(12)13(17)19-14/h1-7H,(H2,17,18,19). The van der Waals surface area contributed by atoms with Crippen LogP contribution >= 0.6 is 23.2 Å². The van der Waals surface area contributed by atoms with Gasteiger partial charge in [0.25, 0.3) is 0 Å². The van der Waals surface area contributed by atoms with E-state index in [1.807, 2.05) is 24.3 Å². The first kappa shape index (κ1) is 12.2. The Morgan fingerprint density at radius 2 is 1.58 bits per heavy atom. The molecular formula is C14H9Cl2N3. The van der Waals surface area contributed by atoms with E-state index in [9.17, 15) is 0 Å². The first-order valence-electron chi connectivity index (χ1n) is 5.62. The summed E-state index contributed by atoms with van der Waals surface area (Å²) in [4.78, 5) is 8.72. The SMILES string of the molecule is NC1=NC(=Nc2cc(Cl)cc(Cl)c2)c2ccccc21. The lowest BCUT2D eigenvalue weighted by atomic mass is 10.1. The van der Waals surface area contributed by atoms with Crippen molar-refractivity contribution >= 4 is 40.6 Å². The molecule has 19 heavy (non-hydrogen) atoms. The Bertz CT molecular complexity index is 700. The third-order valence-corrected chi connectivity index (χ3v) is 3.19. The minimum absolute atomic E-state index is 0.475. The van der Waals surface area contributed by atoms with Gasteiger partial charge in [0.2, 0.25) is 0 Å². The maximum atomic E-state index is 5.95. The van der Waals surface area contributed by atoms with Crippen LogP contribution in [0.1, 0.15) is 11.1 Å². The first-order chi connectivity index (χ1) is 9.13. The highest BCUT2D eigenvalue weighted by atomic mass is 35.5. The molecule has 1 aliphatic rings. The monoisotopic (exact) mass is 289 g/mol. The summed E-state index contributed by atoms with van der Waals surface area (Å²) in [6.07, 6.45) is 0. The van der Waals surface area contributed by atoms with E-state index in [2.05, 4.69) is 9.98 Å². The van der Waals surface area contributed by atoms with Crippen molar-refractivity contribution in [3.8, 4) is 0 Å². The van der Waals surface area contributed by atoms with E-state index in [1.54, 1.807) is 18.2 Å². The van der Waals surface area contributed by atoms with Crippen molar-refractivity contribution < 1.29 is 0 Å². The molecule has 94 valence electrons. The molecule has 5 heteroatoms. The Kier molecular flexibility index (Phi) is 3.01. The second-order valence-electron chi connectivity index (χ2n) is 4.11. The number of hydrogen-bond acceptors (Lipinski definition) is 2. The van der Waals surface area contributed by atoms with Crippen molar-refractivity contribution in [3.05, 3.63) is 63.6 Å². The highest BCUT2D eigenvalue weighted by Crippen LogP contribution is 2.27. The maximum Gasteiger partial charge on any atom is 0.162 e. The number of benzene rings is 2. The van der Waals surface area contributed by atoms with Gasteiger partial charge >= 0.3 is 0 Å². The van der Waals surface area contributed by atoms with Gasteiger partial charge in [-0.1, -0.05) is 47.5 Å². The molecule has 0 aromatic heterocycles. The van der Waals surface area contributed by atoms with Crippen molar-refractivity contribution in [1.29, 1.82) is 0 Å². The molecule has 0 bridgehead atoms. The average molecular weight is 290 g/mol. The molecule has 1 aliphatic heterocycles. The second-order valence-corrected chi connectivity index (χ2v) is 4.98. The van der Waals surface area contributed by atoms with E-state index in [4.69, 9.17) is 28.9 Å². The number of aliphatic imine (C=N–C) groups is 2. The van der Waals surface area contributed by atoms with Crippen molar-refractivity contribution in [2.45, 2.75) is 0 Å². The van der Waals surface area contributed by atoms with Gasteiger partial charge in [-0.05, 0) is 18.2 Å². The van der Waals surface area contributed by atoms with Crippen LogP contribution in [0.15, 0.2) is 52.4 Å². The summed E-state index contributed by atoms with van der Waals surface area (Å²) in [5.41, 5.74) is 8.33. The van der Waals surface area contributed by atoms with Gasteiger partial charge in [0, 0.05) is 21.2 Å². The predicted molar refractivity (Wildman–Crippen MR) is 79.8 cm³/mol. The molecule has 0 spiro atoms. The summed E-state index contributed by atoms with van der Waals surface area (Å²) in [5, 5.41) is 1.07. The molecule has 0 aliphatic carbocycles. The minimum atomic E-state index is 0.475. The fraction of sp³-hybridized carbons (Fsp3) is 0. The second kappa shape index (κ2) is 4.68. The minimum Gasteiger partial charge on any atom is -0.383 e. The van der Waals surface area contributed by atoms with Crippen LogP contribution in [0.2, 0.25) is 10.0 Å². The number of halogens is 2. The number of nitrogens with two attached hydrogens (primary N) is 1. The van der Waals surface area contributed by atoms with E-state index in [0.29, 0.717) is 27.4 Å².